The van der Waals surface area contributed by atoms with Crippen molar-refractivity contribution < 1.29 is 0 Å². The third-order valence-electron chi connectivity index (χ3n) is 3.62. The first-order valence-electron chi connectivity index (χ1n) is 7.31. The van der Waals surface area contributed by atoms with Gasteiger partial charge in [0.25, 0.3) is 0 Å². The third-order valence-corrected chi connectivity index (χ3v) is 4.13. The average Bonchev–Trinajstić information content (AvgIpc) is 2.49. The van der Waals surface area contributed by atoms with Crippen LogP contribution in [0.4, 0.5) is 0 Å². The van der Waals surface area contributed by atoms with Gasteiger partial charge in [-0.05, 0) is 61.8 Å². The molecule has 0 radical (unpaired) electrons. The molecular formula is C18H21ClN2S. The van der Waals surface area contributed by atoms with Gasteiger partial charge < -0.3 is 10.6 Å². The van der Waals surface area contributed by atoms with Crippen LogP contribution in [0.25, 0.3) is 0 Å². The number of thiocarbonyl (C=S) groups is 1. The van der Waals surface area contributed by atoms with Crippen molar-refractivity contribution in [1.29, 1.82) is 0 Å². The van der Waals surface area contributed by atoms with Crippen molar-refractivity contribution >= 4 is 28.9 Å². The molecule has 2 rings (SSSR count). The predicted molar refractivity (Wildman–Crippen MR) is 98.4 cm³/mol. The molecular weight excluding hydrogens is 312 g/mol. The normalized spacial score (nSPS) is 11.8. The number of aryl methyl sites for hydroxylation is 2. The Balaban J connectivity index is 1.91. The SMILES string of the molecule is Cc1ccc(C)c([C@H](C)NC(=S)NCc2ccc(Cl)cc2)c1. The highest BCUT2D eigenvalue weighted by Crippen LogP contribution is 2.18. The molecule has 0 saturated heterocycles. The predicted octanol–water partition coefficient (Wildman–Crippen LogP) is 4.68. The summed E-state index contributed by atoms with van der Waals surface area (Å²) >= 11 is 11.3. The lowest BCUT2D eigenvalue weighted by Gasteiger charge is -2.19. The molecule has 0 aromatic heterocycles. The van der Waals surface area contributed by atoms with E-state index in [1.165, 1.54) is 16.7 Å². The molecule has 2 aromatic rings. The highest BCUT2D eigenvalue weighted by atomic mass is 35.5. The Hall–Kier alpha value is -1.58. The van der Waals surface area contributed by atoms with Gasteiger partial charge in [-0.15, -0.1) is 0 Å². The summed E-state index contributed by atoms with van der Waals surface area (Å²) in [5, 5.41) is 7.97. The molecule has 0 bridgehead atoms. The summed E-state index contributed by atoms with van der Waals surface area (Å²) in [6, 6.07) is 14.4. The summed E-state index contributed by atoms with van der Waals surface area (Å²) in [5.41, 5.74) is 4.95. The quantitative estimate of drug-likeness (QED) is 0.795. The topological polar surface area (TPSA) is 24.1 Å². The van der Waals surface area contributed by atoms with E-state index in [4.69, 9.17) is 23.8 Å². The minimum absolute atomic E-state index is 0.171. The van der Waals surface area contributed by atoms with Crippen molar-refractivity contribution in [3.8, 4) is 0 Å². The lowest BCUT2D eigenvalue weighted by atomic mass is 10.0. The van der Waals surface area contributed by atoms with Crippen molar-refractivity contribution in [2.75, 3.05) is 0 Å². The largest absolute Gasteiger partial charge is 0.359 e. The number of nitrogens with one attached hydrogen (secondary N) is 2. The van der Waals surface area contributed by atoms with E-state index in [1.807, 2.05) is 24.3 Å². The number of hydrogen-bond donors (Lipinski definition) is 2. The second-order valence-corrected chi connectivity index (χ2v) is 6.38. The zero-order valence-corrected chi connectivity index (χ0v) is 14.7. The van der Waals surface area contributed by atoms with Crippen LogP contribution in [0.1, 0.15) is 35.2 Å². The van der Waals surface area contributed by atoms with Gasteiger partial charge in [0.2, 0.25) is 0 Å². The Morgan fingerprint density at radius 1 is 1.14 bits per heavy atom. The van der Waals surface area contributed by atoms with Gasteiger partial charge in [-0.25, -0.2) is 0 Å². The first kappa shape index (κ1) is 16.8. The van der Waals surface area contributed by atoms with Crippen LogP contribution in [0.3, 0.4) is 0 Å². The van der Waals surface area contributed by atoms with Gasteiger partial charge >= 0.3 is 0 Å². The molecule has 0 unspecified atom stereocenters. The van der Waals surface area contributed by atoms with E-state index in [9.17, 15) is 0 Å². The Kier molecular flexibility index (Phi) is 5.81. The van der Waals surface area contributed by atoms with Crippen molar-refractivity contribution in [2.45, 2.75) is 33.4 Å². The van der Waals surface area contributed by atoms with Crippen molar-refractivity contribution in [3.05, 3.63) is 69.7 Å². The molecule has 2 aromatic carbocycles. The summed E-state index contributed by atoms with van der Waals surface area (Å²) in [5.74, 6) is 0. The number of benzene rings is 2. The molecule has 0 fully saturated rings. The van der Waals surface area contributed by atoms with Gasteiger partial charge in [-0.3, -0.25) is 0 Å². The second-order valence-electron chi connectivity index (χ2n) is 5.54. The Labute approximate surface area is 142 Å². The van der Waals surface area contributed by atoms with E-state index < -0.39 is 0 Å². The van der Waals surface area contributed by atoms with E-state index in [-0.39, 0.29) is 6.04 Å². The van der Waals surface area contributed by atoms with Crippen LogP contribution >= 0.6 is 23.8 Å². The van der Waals surface area contributed by atoms with Gasteiger partial charge in [0.05, 0.1) is 6.04 Å². The van der Waals surface area contributed by atoms with Crippen molar-refractivity contribution in [1.82, 2.24) is 10.6 Å². The molecule has 0 aliphatic carbocycles. The smallest absolute Gasteiger partial charge is 0.167 e. The van der Waals surface area contributed by atoms with Gasteiger partial charge in [-0.1, -0.05) is 47.5 Å². The van der Waals surface area contributed by atoms with Crippen molar-refractivity contribution in [3.63, 3.8) is 0 Å². The molecule has 116 valence electrons. The summed E-state index contributed by atoms with van der Waals surface area (Å²) in [6.07, 6.45) is 0. The zero-order valence-electron chi connectivity index (χ0n) is 13.1. The van der Waals surface area contributed by atoms with Gasteiger partial charge in [0.15, 0.2) is 5.11 Å². The van der Waals surface area contributed by atoms with Crippen LogP contribution in [0.2, 0.25) is 5.02 Å². The Morgan fingerprint density at radius 2 is 1.82 bits per heavy atom. The van der Waals surface area contributed by atoms with E-state index in [0.29, 0.717) is 11.7 Å². The van der Waals surface area contributed by atoms with Crippen LogP contribution in [-0.2, 0) is 6.54 Å². The molecule has 22 heavy (non-hydrogen) atoms. The fourth-order valence-corrected chi connectivity index (χ4v) is 2.71. The molecule has 0 aliphatic heterocycles. The molecule has 0 aliphatic rings. The fourth-order valence-electron chi connectivity index (χ4n) is 2.34. The second kappa shape index (κ2) is 7.61. The van der Waals surface area contributed by atoms with Gasteiger partial charge in [-0.2, -0.15) is 0 Å². The maximum absolute atomic E-state index is 5.88. The molecule has 2 nitrogen and oxygen atoms in total. The lowest BCUT2D eigenvalue weighted by molar-refractivity contribution is 0.693. The van der Waals surface area contributed by atoms with Crippen molar-refractivity contribution in [2.24, 2.45) is 0 Å². The Morgan fingerprint density at radius 3 is 2.50 bits per heavy atom. The molecule has 0 heterocycles. The first-order valence-corrected chi connectivity index (χ1v) is 8.10. The van der Waals surface area contributed by atoms with Gasteiger partial charge in [0, 0.05) is 11.6 Å². The van der Waals surface area contributed by atoms with Crippen LogP contribution in [0, 0.1) is 13.8 Å². The highest BCUT2D eigenvalue weighted by molar-refractivity contribution is 7.80. The maximum atomic E-state index is 5.88. The summed E-state index contributed by atoms with van der Waals surface area (Å²) < 4.78 is 0. The maximum Gasteiger partial charge on any atom is 0.167 e. The third kappa shape index (κ3) is 4.72. The van der Waals surface area contributed by atoms with E-state index >= 15 is 0 Å². The fraction of sp³-hybridized carbons (Fsp3) is 0.278. The summed E-state index contributed by atoms with van der Waals surface area (Å²) in [7, 11) is 0. The monoisotopic (exact) mass is 332 g/mol. The van der Waals surface area contributed by atoms with Crippen LogP contribution in [-0.4, -0.2) is 5.11 Å². The molecule has 4 heteroatoms. The highest BCUT2D eigenvalue weighted by Gasteiger charge is 2.09. The first-order chi connectivity index (χ1) is 10.5. The standard InChI is InChI=1S/C18H21ClN2S/c1-12-4-5-13(2)17(10-12)14(3)21-18(22)20-11-15-6-8-16(19)9-7-15/h4-10,14H,11H2,1-3H3,(H2,20,21,22)/t14-/m0/s1. The average molecular weight is 333 g/mol. The Bertz CT molecular complexity index is 653. The lowest BCUT2D eigenvalue weighted by Crippen LogP contribution is -2.36. The molecule has 0 saturated carbocycles. The minimum Gasteiger partial charge on any atom is -0.359 e. The zero-order chi connectivity index (χ0) is 16.1. The molecule has 1 atom stereocenters. The van der Waals surface area contributed by atoms with Crippen LogP contribution in [0.15, 0.2) is 42.5 Å². The van der Waals surface area contributed by atoms with E-state index in [1.54, 1.807) is 0 Å². The van der Waals surface area contributed by atoms with Crippen LogP contribution in [0.5, 0.6) is 0 Å². The summed E-state index contributed by atoms with van der Waals surface area (Å²) in [4.78, 5) is 0. The molecule has 0 amide bonds. The molecule has 0 spiro atoms. The minimum atomic E-state index is 0.171. The number of hydrogen-bond acceptors (Lipinski definition) is 1. The molecule has 2 N–H and O–H groups in total. The number of halogens is 1. The van der Waals surface area contributed by atoms with E-state index in [0.717, 1.165) is 10.6 Å². The van der Waals surface area contributed by atoms with Gasteiger partial charge in [0.1, 0.15) is 0 Å². The number of rotatable bonds is 4. The van der Waals surface area contributed by atoms with E-state index in [2.05, 4.69) is 49.6 Å². The summed E-state index contributed by atoms with van der Waals surface area (Å²) in [6.45, 7) is 7.03. The van der Waals surface area contributed by atoms with Crippen LogP contribution < -0.4 is 10.6 Å².